The molecule has 2 heteroatoms. The van der Waals surface area contributed by atoms with Crippen molar-refractivity contribution in [1.29, 1.82) is 0 Å². The molecule has 2 aromatic carbocycles. The maximum absolute atomic E-state index is 8.93. The van der Waals surface area contributed by atoms with Gasteiger partial charge in [-0.1, -0.05) is 49.4 Å². The number of aliphatic hydroxyl groups is 1. The summed E-state index contributed by atoms with van der Waals surface area (Å²) in [6, 6.07) is 19.6. The van der Waals surface area contributed by atoms with Gasteiger partial charge in [-0.25, -0.2) is 0 Å². The fourth-order valence-electron chi connectivity index (χ4n) is 2.53. The molecule has 0 spiro atoms. The summed E-state index contributed by atoms with van der Waals surface area (Å²) in [6.45, 7) is 2.47. The Morgan fingerprint density at radius 3 is 2.48 bits per heavy atom. The van der Waals surface area contributed by atoms with Gasteiger partial charge in [0.25, 0.3) is 0 Å². The van der Waals surface area contributed by atoms with Crippen molar-refractivity contribution in [1.82, 2.24) is 0 Å². The molecule has 2 rings (SSSR count). The summed E-state index contributed by atoms with van der Waals surface area (Å²) in [7, 11) is 0. The Labute approximate surface area is 127 Å². The summed E-state index contributed by atoms with van der Waals surface area (Å²) in [4.78, 5) is 0. The van der Waals surface area contributed by atoms with Crippen LogP contribution in [0.25, 0.3) is 0 Å². The highest BCUT2D eigenvalue weighted by molar-refractivity contribution is 5.46. The van der Waals surface area contributed by atoms with E-state index in [-0.39, 0.29) is 6.61 Å². The molecular weight excluding hydrogens is 258 g/mol. The standard InChI is InChI=1S/C19H25NO/c1-2-18(14-16-8-4-3-5-9-16)20-19-12-6-10-17(15-19)11-7-13-21/h3-6,8-10,12,15,18,20-21H,2,7,11,13-14H2,1H3. The summed E-state index contributed by atoms with van der Waals surface area (Å²) < 4.78 is 0. The second kappa shape index (κ2) is 8.48. The van der Waals surface area contributed by atoms with Gasteiger partial charge in [0, 0.05) is 18.3 Å². The number of hydrogen-bond donors (Lipinski definition) is 2. The first kappa shape index (κ1) is 15.6. The Morgan fingerprint density at radius 1 is 1.00 bits per heavy atom. The number of nitrogens with one attached hydrogen (secondary N) is 1. The van der Waals surface area contributed by atoms with Crippen LogP contribution in [0.4, 0.5) is 5.69 Å². The normalized spacial score (nSPS) is 12.1. The summed E-state index contributed by atoms with van der Waals surface area (Å²) in [5, 5.41) is 12.6. The van der Waals surface area contributed by atoms with Gasteiger partial charge in [-0.2, -0.15) is 0 Å². The van der Waals surface area contributed by atoms with Crippen LogP contribution in [0.15, 0.2) is 54.6 Å². The lowest BCUT2D eigenvalue weighted by atomic mass is 10.0. The lowest BCUT2D eigenvalue weighted by molar-refractivity contribution is 0.288. The first-order valence-electron chi connectivity index (χ1n) is 7.82. The SMILES string of the molecule is CCC(Cc1ccccc1)Nc1cccc(CCCO)c1. The van der Waals surface area contributed by atoms with Gasteiger partial charge in [0.15, 0.2) is 0 Å². The molecule has 0 fully saturated rings. The van der Waals surface area contributed by atoms with Crippen LogP contribution in [0.3, 0.4) is 0 Å². The van der Waals surface area contributed by atoms with E-state index in [1.54, 1.807) is 0 Å². The molecule has 2 nitrogen and oxygen atoms in total. The fraction of sp³-hybridized carbons (Fsp3) is 0.368. The number of aliphatic hydroxyl groups excluding tert-OH is 1. The van der Waals surface area contributed by atoms with Crippen molar-refractivity contribution in [3.05, 3.63) is 65.7 Å². The van der Waals surface area contributed by atoms with Crippen molar-refractivity contribution in [2.24, 2.45) is 0 Å². The van der Waals surface area contributed by atoms with Crippen LogP contribution in [0, 0.1) is 0 Å². The van der Waals surface area contributed by atoms with E-state index < -0.39 is 0 Å². The van der Waals surface area contributed by atoms with E-state index in [2.05, 4.69) is 66.8 Å². The summed E-state index contributed by atoms with van der Waals surface area (Å²) >= 11 is 0. The van der Waals surface area contributed by atoms with Gasteiger partial charge in [-0.15, -0.1) is 0 Å². The number of benzene rings is 2. The highest BCUT2D eigenvalue weighted by atomic mass is 16.2. The molecule has 0 aliphatic carbocycles. The Morgan fingerprint density at radius 2 is 1.76 bits per heavy atom. The molecule has 0 heterocycles. The lowest BCUT2D eigenvalue weighted by Gasteiger charge is -2.19. The Balaban J connectivity index is 1.98. The van der Waals surface area contributed by atoms with Gasteiger partial charge in [0.2, 0.25) is 0 Å². The molecule has 0 aromatic heterocycles. The van der Waals surface area contributed by atoms with E-state index >= 15 is 0 Å². The maximum atomic E-state index is 8.93. The minimum atomic E-state index is 0.253. The summed E-state index contributed by atoms with van der Waals surface area (Å²) in [5.41, 5.74) is 3.82. The van der Waals surface area contributed by atoms with E-state index in [4.69, 9.17) is 5.11 Å². The molecule has 1 atom stereocenters. The van der Waals surface area contributed by atoms with Crippen molar-refractivity contribution < 1.29 is 5.11 Å². The molecule has 0 aliphatic rings. The van der Waals surface area contributed by atoms with Crippen LogP contribution in [-0.4, -0.2) is 17.8 Å². The molecule has 0 amide bonds. The van der Waals surface area contributed by atoms with Gasteiger partial charge >= 0.3 is 0 Å². The monoisotopic (exact) mass is 283 g/mol. The quantitative estimate of drug-likeness (QED) is 0.766. The van der Waals surface area contributed by atoms with Crippen molar-refractivity contribution in [3.63, 3.8) is 0 Å². The van der Waals surface area contributed by atoms with Crippen LogP contribution >= 0.6 is 0 Å². The van der Waals surface area contributed by atoms with Gasteiger partial charge < -0.3 is 10.4 Å². The molecule has 0 saturated carbocycles. The van der Waals surface area contributed by atoms with Crippen LogP contribution in [0.2, 0.25) is 0 Å². The zero-order valence-electron chi connectivity index (χ0n) is 12.8. The third-order valence-electron chi connectivity index (χ3n) is 3.74. The zero-order chi connectivity index (χ0) is 14.9. The van der Waals surface area contributed by atoms with Gasteiger partial charge in [-0.3, -0.25) is 0 Å². The third-order valence-corrected chi connectivity index (χ3v) is 3.74. The Kier molecular flexibility index (Phi) is 6.29. The van der Waals surface area contributed by atoms with E-state index in [1.807, 2.05) is 0 Å². The minimum absolute atomic E-state index is 0.253. The molecule has 112 valence electrons. The van der Waals surface area contributed by atoms with Crippen molar-refractivity contribution >= 4 is 5.69 Å². The predicted molar refractivity (Wildman–Crippen MR) is 89.7 cm³/mol. The summed E-state index contributed by atoms with van der Waals surface area (Å²) in [6.07, 6.45) is 3.89. The molecule has 2 aromatic rings. The van der Waals surface area contributed by atoms with Crippen LogP contribution in [0.1, 0.15) is 30.9 Å². The smallest absolute Gasteiger partial charge is 0.0434 e. The van der Waals surface area contributed by atoms with E-state index in [9.17, 15) is 0 Å². The van der Waals surface area contributed by atoms with Crippen LogP contribution in [0.5, 0.6) is 0 Å². The van der Waals surface area contributed by atoms with E-state index in [1.165, 1.54) is 16.8 Å². The molecule has 0 bridgehead atoms. The largest absolute Gasteiger partial charge is 0.396 e. The highest BCUT2D eigenvalue weighted by Crippen LogP contribution is 2.16. The Hall–Kier alpha value is -1.80. The first-order valence-corrected chi connectivity index (χ1v) is 7.82. The topological polar surface area (TPSA) is 32.3 Å². The van der Waals surface area contributed by atoms with Crippen molar-refractivity contribution in [2.75, 3.05) is 11.9 Å². The molecule has 0 aliphatic heterocycles. The molecule has 21 heavy (non-hydrogen) atoms. The van der Waals surface area contributed by atoms with Crippen molar-refractivity contribution in [3.8, 4) is 0 Å². The zero-order valence-corrected chi connectivity index (χ0v) is 12.8. The second-order valence-corrected chi connectivity index (χ2v) is 5.47. The highest BCUT2D eigenvalue weighted by Gasteiger charge is 2.07. The minimum Gasteiger partial charge on any atom is -0.396 e. The molecule has 2 N–H and O–H groups in total. The molecule has 0 saturated heterocycles. The number of rotatable bonds is 8. The predicted octanol–water partition coefficient (Wildman–Crippen LogP) is 4.04. The molecular formula is C19H25NO. The van der Waals surface area contributed by atoms with Gasteiger partial charge in [0.05, 0.1) is 0 Å². The van der Waals surface area contributed by atoms with E-state index in [0.717, 1.165) is 25.7 Å². The van der Waals surface area contributed by atoms with E-state index in [0.29, 0.717) is 6.04 Å². The van der Waals surface area contributed by atoms with Gasteiger partial charge in [0.1, 0.15) is 0 Å². The fourth-order valence-corrected chi connectivity index (χ4v) is 2.53. The molecule has 1 unspecified atom stereocenters. The first-order chi connectivity index (χ1) is 10.3. The van der Waals surface area contributed by atoms with Crippen molar-refractivity contribution in [2.45, 2.75) is 38.6 Å². The maximum Gasteiger partial charge on any atom is 0.0434 e. The van der Waals surface area contributed by atoms with Gasteiger partial charge in [-0.05, 0) is 48.9 Å². The number of hydrogen-bond acceptors (Lipinski definition) is 2. The average Bonchev–Trinajstić information content (AvgIpc) is 2.53. The Bertz CT molecular complexity index is 524. The number of anilines is 1. The average molecular weight is 283 g/mol. The lowest BCUT2D eigenvalue weighted by Crippen LogP contribution is -2.21. The number of aryl methyl sites for hydroxylation is 1. The van der Waals surface area contributed by atoms with Crippen LogP contribution < -0.4 is 5.32 Å². The summed E-state index contributed by atoms with van der Waals surface area (Å²) in [5.74, 6) is 0. The van der Waals surface area contributed by atoms with Crippen LogP contribution in [-0.2, 0) is 12.8 Å². The molecule has 0 radical (unpaired) electrons. The third kappa shape index (κ3) is 5.24. The second-order valence-electron chi connectivity index (χ2n) is 5.47.